The van der Waals surface area contributed by atoms with Gasteiger partial charge in [0.2, 0.25) is 0 Å². The van der Waals surface area contributed by atoms with Crippen molar-refractivity contribution in [1.82, 2.24) is 0 Å². The van der Waals surface area contributed by atoms with Crippen LogP contribution in [0.4, 0.5) is 0 Å². The summed E-state index contributed by atoms with van der Waals surface area (Å²) in [4.78, 5) is 0. The summed E-state index contributed by atoms with van der Waals surface area (Å²) in [6, 6.07) is 3.74. The first-order valence-corrected chi connectivity index (χ1v) is 6.41. The summed E-state index contributed by atoms with van der Waals surface area (Å²) in [7, 11) is 1.56. The van der Waals surface area contributed by atoms with Crippen LogP contribution in [0.25, 0.3) is 10.8 Å². The molecule has 0 fully saturated rings. The van der Waals surface area contributed by atoms with Crippen molar-refractivity contribution >= 4 is 10.8 Å². The first-order valence-electron chi connectivity index (χ1n) is 6.41. The van der Waals surface area contributed by atoms with Gasteiger partial charge in [0.1, 0.15) is 5.75 Å². The summed E-state index contributed by atoms with van der Waals surface area (Å²) < 4.78 is 5.37. The number of benzene rings is 2. The van der Waals surface area contributed by atoms with E-state index in [1.807, 2.05) is 26.8 Å². The highest BCUT2D eigenvalue weighted by atomic mass is 16.5. The van der Waals surface area contributed by atoms with Gasteiger partial charge in [-0.25, -0.2) is 0 Å². The van der Waals surface area contributed by atoms with E-state index >= 15 is 0 Å². The molecule has 102 valence electrons. The average molecular weight is 260 g/mol. The Bertz CT molecular complexity index is 642. The second kappa shape index (κ2) is 4.65. The topological polar surface area (TPSA) is 49.7 Å². The van der Waals surface area contributed by atoms with E-state index < -0.39 is 0 Å². The van der Waals surface area contributed by atoms with E-state index in [4.69, 9.17) is 4.74 Å². The van der Waals surface area contributed by atoms with Crippen LogP contribution in [0.3, 0.4) is 0 Å². The lowest BCUT2D eigenvalue weighted by Gasteiger charge is -2.20. The van der Waals surface area contributed by atoms with Crippen LogP contribution in [-0.2, 0) is 0 Å². The molecule has 0 bridgehead atoms. The molecule has 0 aromatic heterocycles. The number of hydrogen-bond acceptors (Lipinski definition) is 3. The minimum absolute atomic E-state index is 0.109. The van der Waals surface area contributed by atoms with Gasteiger partial charge in [0.05, 0.1) is 7.11 Å². The Morgan fingerprint density at radius 3 is 2.26 bits per heavy atom. The van der Waals surface area contributed by atoms with E-state index in [0.717, 1.165) is 16.5 Å². The second-order valence-electron chi connectivity index (χ2n) is 5.28. The van der Waals surface area contributed by atoms with Crippen molar-refractivity contribution in [1.29, 1.82) is 0 Å². The lowest BCUT2D eigenvalue weighted by atomic mass is 9.90. The van der Waals surface area contributed by atoms with Crippen molar-refractivity contribution in [3.63, 3.8) is 0 Å². The molecular weight excluding hydrogens is 240 g/mol. The number of fused-ring (bicyclic) bond motifs is 1. The SMILES string of the molecule is COc1c(O)c(C)c2c(O)cc(C)cc2c1C(C)C. The number of hydrogen-bond donors (Lipinski definition) is 2. The number of aryl methyl sites for hydroxylation is 2. The minimum Gasteiger partial charge on any atom is -0.507 e. The van der Waals surface area contributed by atoms with Gasteiger partial charge in [-0.2, -0.15) is 0 Å². The third-order valence-electron chi connectivity index (χ3n) is 3.52. The minimum atomic E-state index is 0.109. The van der Waals surface area contributed by atoms with Gasteiger partial charge in [-0.15, -0.1) is 0 Å². The maximum atomic E-state index is 10.3. The molecule has 0 unspecified atom stereocenters. The van der Waals surface area contributed by atoms with Crippen LogP contribution >= 0.6 is 0 Å². The fraction of sp³-hybridized carbons (Fsp3) is 0.375. The Balaban J connectivity index is 3.07. The van der Waals surface area contributed by atoms with Gasteiger partial charge in [-0.05, 0) is 36.8 Å². The van der Waals surface area contributed by atoms with E-state index in [-0.39, 0.29) is 17.4 Å². The normalized spacial score (nSPS) is 11.3. The summed E-state index contributed by atoms with van der Waals surface area (Å²) in [6.45, 7) is 7.83. The molecule has 3 nitrogen and oxygen atoms in total. The van der Waals surface area contributed by atoms with Gasteiger partial charge < -0.3 is 14.9 Å². The zero-order chi connectivity index (χ0) is 14.3. The Hall–Kier alpha value is -1.90. The highest BCUT2D eigenvalue weighted by Crippen LogP contribution is 2.46. The van der Waals surface area contributed by atoms with Crippen LogP contribution in [0.1, 0.15) is 36.5 Å². The molecule has 0 amide bonds. The molecule has 0 saturated heterocycles. The average Bonchev–Trinajstić information content (AvgIpc) is 2.31. The highest BCUT2D eigenvalue weighted by Gasteiger charge is 2.21. The van der Waals surface area contributed by atoms with E-state index in [2.05, 4.69) is 0 Å². The Morgan fingerprint density at radius 2 is 1.74 bits per heavy atom. The van der Waals surface area contributed by atoms with E-state index in [1.54, 1.807) is 20.1 Å². The van der Waals surface area contributed by atoms with Crippen molar-refractivity contribution in [2.24, 2.45) is 0 Å². The summed E-state index contributed by atoms with van der Waals surface area (Å²) in [5.74, 6) is 1.00. The fourth-order valence-electron chi connectivity index (χ4n) is 2.69. The first-order chi connectivity index (χ1) is 8.88. The number of methoxy groups -OCH3 is 1. The number of ether oxygens (including phenoxy) is 1. The fourth-order valence-corrected chi connectivity index (χ4v) is 2.69. The maximum Gasteiger partial charge on any atom is 0.164 e. The lowest BCUT2D eigenvalue weighted by molar-refractivity contribution is 0.367. The lowest BCUT2D eigenvalue weighted by Crippen LogP contribution is -1.99. The quantitative estimate of drug-likeness (QED) is 0.858. The smallest absolute Gasteiger partial charge is 0.164 e. The number of rotatable bonds is 2. The molecule has 2 rings (SSSR count). The first kappa shape index (κ1) is 13.5. The highest BCUT2D eigenvalue weighted by molar-refractivity contribution is 5.98. The van der Waals surface area contributed by atoms with Crippen LogP contribution in [0.5, 0.6) is 17.2 Å². The monoisotopic (exact) mass is 260 g/mol. The van der Waals surface area contributed by atoms with Crippen LogP contribution in [0, 0.1) is 13.8 Å². The Kier molecular flexibility index (Phi) is 3.31. The summed E-state index contributed by atoms with van der Waals surface area (Å²) >= 11 is 0. The number of phenolic OH excluding ortho intramolecular Hbond substituents is 2. The van der Waals surface area contributed by atoms with Gasteiger partial charge in [0.25, 0.3) is 0 Å². The van der Waals surface area contributed by atoms with E-state index in [9.17, 15) is 10.2 Å². The molecule has 2 aromatic carbocycles. The summed E-state index contributed by atoms with van der Waals surface area (Å²) in [5.41, 5.74) is 2.56. The Labute approximate surface area is 113 Å². The predicted molar refractivity (Wildman–Crippen MR) is 77.4 cm³/mol. The zero-order valence-corrected chi connectivity index (χ0v) is 12.0. The standard InChI is InChI=1S/C16H20O3/c1-8(2)13-11-6-9(3)7-12(17)14(11)10(4)15(18)16(13)19-5/h6-8,17-18H,1-5H3. The molecular formula is C16H20O3. The van der Waals surface area contributed by atoms with E-state index in [0.29, 0.717) is 16.7 Å². The van der Waals surface area contributed by atoms with Gasteiger partial charge >= 0.3 is 0 Å². The molecule has 19 heavy (non-hydrogen) atoms. The maximum absolute atomic E-state index is 10.3. The Morgan fingerprint density at radius 1 is 1.11 bits per heavy atom. The molecule has 0 aliphatic heterocycles. The third kappa shape index (κ3) is 1.99. The molecule has 3 heteroatoms. The number of aromatic hydroxyl groups is 2. The van der Waals surface area contributed by atoms with Crippen molar-refractivity contribution < 1.29 is 14.9 Å². The molecule has 0 saturated carbocycles. The van der Waals surface area contributed by atoms with Crippen molar-refractivity contribution in [2.75, 3.05) is 7.11 Å². The van der Waals surface area contributed by atoms with Crippen LogP contribution < -0.4 is 4.74 Å². The van der Waals surface area contributed by atoms with Crippen molar-refractivity contribution in [2.45, 2.75) is 33.6 Å². The summed E-state index contributed by atoms with van der Waals surface area (Å²) in [5, 5.41) is 22.1. The molecule has 0 heterocycles. The summed E-state index contributed by atoms with van der Waals surface area (Å²) in [6.07, 6.45) is 0. The van der Waals surface area contributed by atoms with Crippen LogP contribution in [0.2, 0.25) is 0 Å². The molecule has 2 aromatic rings. The van der Waals surface area contributed by atoms with Gasteiger partial charge in [0, 0.05) is 16.5 Å². The van der Waals surface area contributed by atoms with Gasteiger partial charge in [-0.1, -0.05) is 19.9 Å². The van der Waals surface area contributed by atoms with E-state index in [1.165, 1.54) is 0 Å². The van der Waals surface area contributed by atoms with Crippen LogP contribution in [0.15, 0.2) is 12.1 Å². The molecule has 0 aliphatic carbocycles. The second-order valence-corrected chi connectivity index (χ2v) is 5.28. The third-order valence-corrected chi connectivity index (χ3v) is 3.52. The van der Waals surface area contributed by atoms with Gasteiger partial charge in [-0.3, -0.25) is 0 Å². The zero-order valence-electron chi connectivity index (χ0n) is 12.0. The molecule has 0 atom stereocenters. The largest absolute Gasteiger partial charge is 0.507 e. The molecule has 0 aliphatic rings. The molecule has 0 radical (unpaired) electrons. The molecule has 0 spiro atoms. The predicted octanol–water partition coefficient (Wildman–Crippen LogP) is 4.00. The molecule has 2 N–H and O–H groups in total. The van der Waals surface area contributed by atoms with Crippen molar-refractivity contribution in [3.05, 3.63) is 28.8 Å². The number of phenols is 2. The van der Waals surface area contributed by atoms with Gasteiger partial charge in [0.15, 0.2) is 11.5 Å². The van der Waals surface area contributed by atoms with Crippen molar-refractivity contribution in [3.8, 4) is 17.2 Å². The van der Waals surface area contributed by atoms with Crippen LogP contribution in [-0.4, -0.2) is 17.3 Å².